The fraction of sp³-hybridized carbons (Fsp3) is 0.600. The Morgan fingerprint density at radius 1 is 1.45 bits per heavy atom. The SMILES string of the molecule is CCCC1(O)C=CC=CC1C. The molecule has 0 aromatic rings. The van der Waals surface area contributed by atoms with Gasteiger partial charge in [0, 0.05) is 5.92 Å². The Balaban J connectivity index is 2.68. The molecule has 0 fully saturated rings. The summed E-state index contributed by atoms with van der Waals surface area (Å²) in [6.07, 6.45) is 9.76. The molecule has 11 heavy (non-hydrogen) atoms. The second kappa shape index (κ2) is 3.22. The van der Waals surface area contributed by atoms with E-state index < -0.39 is 5.60 Å². The summed E-state index contributed by atoms with van der Waals surface area (Å²) in [7, 11) is 0. The average molecular weight is 152 g/mol. The summed E-state index contributed by atoms with van der Waals surface area (Å²) in [6.45, 7) is 4.15. The number of aliphatic hydroxyl groups is 1. The van der Waals surface area contributed by atoms with Crippen LogP contribution in [0.4, 0.5) is 0 Å². The van der Waals surface area contributed by atoms with E-state index in [1.807, 2.05) is 18.2 Å². The average Bonchev–Trinajstić information content (AvgIpc) is 1.96. The molecule has 62 valence electrons. The highest BCUT2D eigenvalue weighted by Gasteiger charge is 2.29. The second-order valence-corrected chi connectivity index (χ2v) is 3.27. The molecule has 1 aliphatic carbocycles. The monoisotopic (exact) mass is 152 g/mol. The first-order valence-corrected chi connectivity index (χ1v) is 4.27. The number of hydrogen-bond acceptors (Lipinski definition) is 1. The minimum absolute atomic E-state index is 0.257. The maximum absolute atomic E-state index is 10.0. The van der Waals surface area contributed by atoms with E-state index >= 15 is 0 Å². The van der Waals surface area contributed by atoms with Crippen molar-refractivity contribution >= 4 is 0 Å². The Morgan fingerprint density at radius 3 is 2.73 bits per heavy atom. The molecule has 0 amide bonds. The van der Waals surface area contributed by atoms with Crippen LogP contribution in [0.5, 0.6) is 0 Å². The van der Waals surface area contributed by atoms with Crippen molar-refractivity contribution in [2.45, 2.75) is 32.3 Å². The third-order valence-corrected chi connectivity index (χ3v) is 2.33. The highest BCUT2D eigenvalue weighted by Crippen LogP contribution is 2.28. The van der Waals surface area contributed by atoms with Crippen LogP contribution in [0.1, 0.15) is 26.7 Å². The van der Waals surface area contributed by atoms with Crippen molar-refractivity contribution in [2.75, 3.05) is 0 Å². The normalized spacial score (nSPS) is 36.1. The maximum atomic E-state index is 10.0. The van der Waals surface area contributed by atoms with Crippen molar-refractivity contribution in [3.63, 3.8) is 0 Å². The minimum atomic E-state index is -0.580. The lowest BCUT2D eigenvalue weighted by atomic mass is 9.82. The Bertz CT molecular complexity index is 181. The van der Waals surface area contributed by atoms with E-state index in [1.165, 1.54) is 0 Å². The van der Waals surface area contributed by atoms with Crippen LogP contribution in [0.25, 0.3) is 0 Å². The Morgan fingerprint density at radius 2 is 2.18 bits per heavy atom. The summed E-state index contributed by atoms with van der Waals surface area (Å²) < 4.78 is 0. The summed E-state index contributed by atoms with van der Waals surface area (Å²) in [5.41, 5.74) is -0.580. The number of allylic oxidation sites excluding steroid dienone is 2. The Labute approximate surface area is 68.4 Å². The lowest BCUT2D eigenvalue weighted by Crippen LogP contribution is -2.33. The molecule has 0 bridgehead atoms. The minimum Gasteiger partial charge on any atom is -0.385 e. The van der Waals surface area contributed by atoms with Gasteiger partial charge in [-0.2, -0.15) is 0 Å². The first-order valence-electron chi connectivity index (χ1n) is 4.27. The smallest absolute Gasteiger partial charge is 0.0890 e. The van der Waals surface area contributed by atoms with Gasteiger partial charge < -0.3 is 5.11 Å². The number of hydrogen-bond donors (Lipinski definition) is 1. The Hall–Kier alpha value is -0.560. The molecule has 0 aromatic carbocycles. The van der Waals surface area contributed by atoms with Crippen molar-refractivity contribution in [2.24, 2.45) is 5.92 Å². The van der Waals surface area contributed by atoms with E-state index in [0.717, 1.165) is 12.8 Å². The van der Waals surface area contributed by atoms with Crippen molar-refractivity contribution in [1.29, 1.82) is 0 Å². The van der Waals surface area contributed by atoms with Crippen molar-refractivity contribution in [1.82, 2.24) is 0 Å². The summed E-state index contributed by atoms with van der Waals surface area (Å²) in [6, 6.07) is 0. The van der Waals surface area contributed by atoms with Gasteiger partial charge in [-0.3, -0.25) is 0 Å². The van der Waals surface area contributed by atoms with Gasteiger partial charge in [0.25, 0.3) is 0 Å². The van der Waals surface area contributed by atoms with Crippen LogP contribution in [0.3, 0.4) is 0 Å². The first-order chi connectivity index (χ1) is 5.19. The molecule has 1 aliphatic rings. The van der Waals surface area contributed by atoms with Gasteiger partial charge in [0.1, 0.15) is 0 Å². The predicted molar refractivity (Wildman–Crippen MR) is 47.3 cm³/mol. The van der Waals surface area contributed by atoms with Gasteiger partial charge in [0.05, 0.1) is 5.60 Å². The molecule has 1 rings (SSSR count). The van der Waals surface area contributed by atoms with Gasteiger partial charge in [-0.05, 0) is 6.42 Å². The largest absolute Gasteiger partial charge is 0.385 e. The van der Waals surface area contributed by atoms with E-state index in [1.54, 1.807) is 0 Å². The summed E-state index contributed by atoms with van der Waals surface area (Å²) >= 11 is 0. The van der Waals surface area contributed by atoms with Crippen molar-refractivity contribution in [3.8, 4) is 0 Å². The molecule has 0 radical (unpaired) electrons. The molecule has 0 heterocycles. The molecule has 0 aliphatic heterocycles. The van der Waals surface area contributed by atoms with Crippen LogP contribution >= 0.6 is 0 Å². The van der Waals surface area contributed by atoms with Crippen LogP contribution < -0.4 is 0 Å². The van der Waals surface area contributed by atoms with Gasteiger partial charge in [-0.1, -0.05) is 44.6 Å². The summed E-state index contributed by atoms with van der Waals surface area (Å²) in [4.78, 5) is 0. The third-order valence-electron chi connectivity index (χ3n) is 2.33. The highest BCUT2D eigenvalue weighted by molar-refractivity contribution is 5.20. The van der Waals surface area contributed by atoms with Crippen molar-refractivity contribution in [3.05, 3.63) is 24.3 Å². The van der Waals surface area contributed by atoms with Gasteiger partial charge >= 0.3 is 0 Å². The molecule has 2 atom stereocenters. The lowest BCUT2D eigenvalue weighted by Gasteiger charge is -2.30. The quantitative estimate of drug-likeness (QED) is 0.643. The molecule has 1 N–H and O–H groups in total. The summed E-state index contributed by atoms with van der Waals surface area (Å²) in [5, 5.41) is 10.0. The van der Waals surface area contributed by atoms with Gasteiger partial charge in [0.2, 0.25) is 0 Å². The topological polar surface area (TPSA) is 20.2 Å². The van der Waals surface area contributed by atoms with Crippen LogP contribution in [0.2, 0.25) is 0 Å². The van der Waals surface area contributed by atoms with Crippen LogP contribution in [0, 0.1) is 5.92 Å². The van der Waals surface area contributed by atoms with Crippen LogP contribution in [-0.4, -0.2) is 10.7 Å². The van der Waals surface area contributed by atoms with E-state index in [9.17, 15) is 5.11 Å². The highest BCUT2D eigenvalue weighted by atomic mass is 16.3. The van der Waals surface area contributed by atoms with E-state index in [2.05, 4.69) is 19.9 Å². The fourth-order valence-corrected chi connectivity index (χ4v) is 1.48. The third kappa shape index (κ3) is 1.72. The molecule has 1 heteroatoms. The zero-order valence-electron chi connectivity index (χ0n) is 7.25. The van der Waals surface area contributed by atoms with E-state index in [-0.39, 0.29) is 5.92 Å². The van der Waals surface area contributed by atoms with E-state index in [4.69, 9.17) is 0 Å². The van der Waals surface area contributed by atoms with Crippen LogP contribution in [-0.2, 0) is 0 Å². The molecule has 2 unspecified atom stereocenters. The van der Waals surface area contributed by atoms with E-state index in [0.29, 0.717) is 0 Å². The second-order valence-electron chi connectivity index (χ2n) is 3.27. The maximum Gasteiger partial charge on any atom is 0.0890 e. The number of rotatable bonds is 2. The molecular weight excluding hydrogens is 136 g/mol. The zero-order valence-corrected chi connectivity index (χ0v) is 7.25. The van der Waals surface area contributed by atoms with Crippen LogP contribution in [0.15, 0.2) is 24.3 Å². The molecule has 0 spiro atoms. The molecular formula is C10H16O. The predicted octanol–water partition coefficient (Wildman–Crippen LogP) is 2.28. The van der Waals surface area contributed by atoms with Crippen molar-refractivity contribution < 1.29 is 5.11 Å². The fourth-order valence-electron chi connectivity index (χ4n) is 1.48. The molecule has 0 saturated heterocycles. The van der Waals surface area contributed by atoms with Gasteiger partial charge in [-0.15, -0.1) is 0 Å². The lowest BCUT2D eigenvalue weighted by molar-refractivity contribution is 0.0438. The van der Waals surface area contributed by atoms with Gasteiger partial charge in [-0.25, -0.2) is 0 Å². The standard InChI is InChI=1S/C10H16O/c1-3-7-10(11)8-5-4-6-9(10)2/h4-6,8-9,11H,3,7H2,1-2H3. The Kier molecular flexibility index (Phi) is 2.50. The molecule has 0 saturated carbocycles. The first kappa shape index (κ1) is 8.54. The molecule has 1 nitrogen and oxygen atoms in total. The molecule has 0 aromatic heterocycles. The summed E-state index contributed by atoms with van der Waals surface area (Å²) in [5.74, 6) is 0.257. The zero-order chi connectivity index (χ0) is 8.32. The van der Waals surface area contributed by atoms with Gasteiger partial charge in [0.15, 0.2) is 0 Å².